The van der Waals surface area contributed by atoms with E-state index in [2.05, 4.69) is 5.32 Å². The smallest absolute Gasteiger partial charge is 0.305 e. The third-order valence-electron chi connectivity index (χ3n) is 4.51. The number of carbonyl (C=O) groups excluding carboxylic acids is 1. The summed E-state index contributed by atoms with van der Waals surface area (Å²) in [5.74, 6) is 1.32. The Hall–Kier alpha value is -1.10. The lowest BCUT2D eigenvalue weighted by atomic mass is 9.91. The number of nitrogens with two attached hydrogens (primary N) is 1. The van der Waals surface area contributed by atoms with Crippen molar-refractivity contribution < 1.29 is 14.7 Å². The molecule has 5 nitrogen and oxygen atoms in total. The van der Waals surface area contributed by atoms with Gasteiger partial charge in [-0.15, -0.1) is 0 Å². The fourth-order valence-electron chi connectivity index (χ4n) is 3.05. The zero-order chi connectivity index (χ0) is 14.7. The molecule has 0 aromatic heterocycles. The van der Waals surface area contributed by atoms with Crippen LogP contribution in [0.3, 0.4) is 0 Å². The predicted molar refractivity (Wildman–Crippen MR) is 76.0 cm³/mol. The first-order valence-corrected chi connectivity index (χ1v) is 7.75. The molecule has 0 saturated heterocycles. The summed E-state index contributed by atoms with van der Waals surface area (Å²) in [6.45, 7) is 1.97. The van der Waals surface area contributed by atoms with Gasteiger partial charge in [0.1, 0.15) is 0 Å². The summed E-state index contributed by atoms with van der Waals surface area (Å²) >= 11 is 0. The zero-order valence-electron chi connectivity index (χ0n) is 12.2. The van der Waals surface area contributed by atoms with Crippen LogP contribution in [-0.2, 0) is 9.59 Å². The molecule has 0 radical (unpaired) electrons. The Kier molecular flexibility index (Phi) is 5.02. The maximum atomic E-state index is 11.7. The molecule has 0 spiro atoms. The van der Waals surface area contributed by atoms with Gasteiger partial charge in [-0.05, 0) is 63.2 Å². The molecule has 114 valence electrons. The standard InChI is InChI=1S/C15H26N2O3/c1-9(17-15(20)13(16)8-14(18)19)2-7-12(10-3-4-10)11-5-6-11/h9-13H,2-8,16H2,1H3,(H,17,20)(H,18,19)/t9?,13-/m0/s1. The summed E-state index contributed by atoms with van der Waals surface area (Å²) in [4.78, 5) is 22.2. The molecule has 2 atom stereocenters. The molecule has 0 aliphatic heterocycles. The van der Waals surface area contributed by atoms with Crippen LogP contribution in [0.1, 0.15) is 51.9 Å². The highest BCUT2D eigenvalue weighted by atomic mass is 16.4. The van der Waals surface area contributed by atoms with Crippen molar-refractivity contribution >= 4 is 11.9 Å². The van der Waals surface area contributed by atoms with Gasteiger partial charge in [-0.1, -0.05) is 0 Å². The van der Waals surface area contributed by atoms with Crippen molar-refractivity contribution in [1.82, 2.24) is 5.32 Å². The molecule has 1 amide bonds. The van der Waals surface area contributed by atoms with Gasteiger partial charge in [0.25, 0.3) is 0 Å². The molecule has 2 saturated carbocycles. The third kappa shape index (κ3) is 4.78. The molecule has 2 fully saturated rings. The SMILES string of the molecule is CC(CCC(C1CC1)C1CC1)NC(=O)[C@@H](N)CC(=O)O. The maximum absolute atomic E-state index is 11.7. The molecule has 0 aromatic carbocycles. The van der Waals surface area contributed by atoms with Gasteiger partial charge in [0, 0.05) is 6.04 Å². The Bertz CT molecular complexity index is 352. The molecule has 5 heteroatoms. The Labute approximate surface area is 120 Å². The summed E-state index contributed by atoms with van der Waals surface area (Å²) in [6, 6.07) is -0.875. The average Bonchev–Trinajstić information content (AvgIpc) is 3.22. The average molecular weight is 282 g/mol. The van der Waals surface area contributed by atoms with Gasteiger partial charge in [0.05, 0.1) is 12.5 Å². The summed E-state index contributed by atoms with van der Waals surface area (Å²) in [5.41, 5.74) is 5.55. The van der Waals surface area contributed by atoms with Crippen LogP contribution in [0.4, 0.5) is 0 Å². The van der Waals surface area contributed by atoms with Gasteiger partial charge in [-0.2, -0.15) is 0 Å². The van der Waals surface area contributed by atoms with E-state index in [1.165, 1.54) is 32.1 Å². The first-order valence-electron chi connectivity index (χ1n) is 7.75. The van der Waals surface area contributed by atoms with Crippen molar-refractivity contribution in [2.24, 2.45) is 23.5 Å². The molecule has 4 N–H and O–H groups in total. The van der Waals surface area contributed by atoms with Crippen LogP contribution in [0.2, 0.25) is 0 Å². The quantitative estimate of drug-likeness (QED) is 0.597. The number of aliphatic carboxylic acids is 1. The third-order valence-corrected chi connectivity index (χ3v) is 4.51. The van der Waals surface area contributed by atoms with Gasteiger partial charge in [-0.3, -0.25) is 9.59 Å². The minimum atomic E-state index is -1.04. The molecule has 0 aromatic rings. The van der Waals surface area contributed by atoms with Crippen molar-refractivity contribution in [2.75, 3.05) is 0 Å². The molecule has 2 aliphatic rings. The Morgan fingerprint density at radius 2 is 1.75 bits per heavy atom. The predicted octanol–water partition coefficient (Wildman–Crippen LogP) is 1.51. The molecule has 20 heavy (non-hydrogen) atoms. The fraction of sp³-hybridized carbons (Fsp3) is 0.867. The number of nitrogens with one attached hydrogen (secondary N) is 1. The van der Waals surface area contributed by atoms with Crippen molar-refractivity contribution in [2.45, 2.75) is 64.0 Å². The Balaban J connectivity index is 1.67. The second-order valence-electron chi connectivity index (χ2n) is 6.53. The minimum absolute atomic E-state index is 0.0716. The van der Waals surface area contributed by atoms with E-state index in [4.69, 9.17) is 10.8 Å². The number of hydrogen-bond donors (Lipinski definition) is 3. The minimum Gasteiger partial charge on any atom is -0.481 e. The fourth-order valence-corrected chi connectivity index (χ4v) is 3.05. The van der Waals surface area contributed by atoms with E-state index in [1.807, 2.05) is 6.92 Å². The van der Waals surface area contributed by atoms with Gasteiger partial charge in [-0.25, -0.2) is 0 Å². The number of amides is 1. The van der Waals surface area contributed by atoms with Crippen LogP contribution >= 0.6 is 0 Å². The Morgan fingerprint density at radius 1 is 1.20 bits per heavy atom. The normalized spacial score (nSPS) is 21.6. The highest BCUT2D eigenvalue weighted by molar-refractivity contribution is 5.86. The van der Waals surface area contributed by atoms with Gasteiger partial charge < -0.3 is 16.2 Å². The highest BCUT2D eigenvalue weighted by Crippen LogP contribution is 2.51. The number of hydrogen-bond acceptors (Lipinski definition) is 3. The lowest BCUT2D eigenvalue weighted by molar-refractivity contribution is -0.139. The van der Waals surface area contributed by atoms with Crippen LogP contribution in [0.25, 0.3) is 0 Å². The molecule has 2 rings (SSSR count). The van der Waals surface area contributed by atoms with E-state index in [-0.39, 0.29) is 18.4 Å². The molecular weight excluding hydrogens is 256 g/mol. The monoisotopic (exact) mass is 282 g/mol. The van der Waals surface area contributed by atoms with Crippen molar-refractivity contribution in [3.8, 4) is 0 Å². The van der Waals surface area contributed by atoms with Crippen LogP contribution in [-0.4, -0.2) is 29.1 Å². The molecule has 2 aliphatic carbocycles. The first kappa shape index (κ1) is 15.3. The van der Waals surface area contributed by atoms with Crippen LogP contribution in [0.15, 0.2) is 0 Å². The van der Waals surface area contributed by atoms with Crippen molar-refractivity contribution in [3.05, 3.63) is 0 Å². The van der Waals surface area contributed by atoms with E-state index in [0.717, 1.165) is 24.2 Å². The largest absolute Gasteiger partial charge is 0.481 e. The second kappa shape index (κ2) is 6.57. The molecule has 1 unspecified atom stereocenters. The molecule has 0 heterocycles. The maximum Gasteiger partial charge on any atom is 0.305 e. The van der Waals surface area contributed by atoms with Gasteiger partial charge >= 0.3 is 5.97 Å². The lowest BCUT2D eigenvalue weighted by Gasteiger charge is -2.20. The summed E-state index contributed by atoms with van der Waals surface area (Å²) < 4.78 is 0. The van der Waals surface area contributed by atoms with E-state index >= 15 is 0 Å². The highest BCUT2D eigenvalue weighted by Gasteiger charge is 2.40. The van der Waals surface area contributed by atoms with Crippen molar-refractivity contribution in [3.63, 3.8) is 0 Å². The number of carboxylic acid groups (broad SMARTS) is 1. The number of rotatable bonds is 9. The second-order valence-corrected chi connectivity index (χ2v) is 6.53. The van der Waals surface area contributed by atoms with Crippen LogP contribution in [0.5, 0.6) is 0 Å². The summed E-state index contributed by atoms with van der Waals surface area (Å²) in [5, 5.41) is 11.5. The summed E-state index contributed by atoms with van der Waals surface area (Å²) in [6.07, 6.45) is 7.34. The lowest BCUT2D eigenvalue weighted by Crippen LogP contribution is -2.45. The van der Waals surface area contributed by atoms with E-state index in [9.17, 15) is 9.59 Å². The first-order chi connectivity index (χ1) is 9.47. The summed E-state index contributed by atoms with van der Waals surface area (Å²) in [7, 11) is 0. The molecular formula is C15H26N2O3. The van der Waals surface area contributed by atoms with Crippen LogP contribution in [0, 0.1) is 17.8 Å². The number of carboxylic acids is 1. The van der Waals surface area contributed by atoms with E-state index in [1.54, 1.807) is 0 Å². The number of carbonyl (C=O) groups is 2. The molecule has 0 bridgehead atoms. The van der Waals surface area contributed by atoms with E-state index < -0.39 is 12.0 Å². The van der Waals surface area contributed by atoms with E-state index in [0.29, 0.717) is 0 Å². The van der Waals surface area contributed by atoms with Gasteiger partial charge in [0.2, 0.25) is 5.91 Å². The Morgan fingerprint density at radius 3 is 2.20 bits per heavy atom. The van der Waals surface area contributed by atoms with Crippen LogP contribution < -0.4 is 11.1 Å². The van der Waals surface area contributed by atoms with Crippen molar-refractivity contribution in [1.29, 1.82) is 0 Å². The zero-order valence-corrected chi connectivity index (χ0v) is 12.2. The van der Waals surface area contributed by atoms with Gasteiger partial charge in [0.15, 0.2) is 0 Å². The topological polar surface area (TPSA) is 92.4 Å².